The number of hydrogen-bond acceptors (Lipinski definition) is 1. The second kappa shape index (κ2) is 5.69. The molecular weight excluding hydrogens is 405 g/mol. The molecule has 0 saturated carbocycles. The molecule has 0 atom stereocenters. The lowest BCUT2D eigenvalue weighted by molar-refractivity contribution is 0.103. The van der Waals surface area contributed by atoms with Gasteiger partial charge < -0.3 is 0 Å². The summed E-state index contributed by atoms with van der Waals surface area (Å²) in [7, 11) is 0. The van der Waals surface area contributed by atoms with Crippen molar-refractivity contribution >= 4 is 49.2 Å². The minimum absolute atomic E-state index is 0.141. The molecule has 0 radical (unpaired) electrons. The van der Waals surface area contributed by atoms with Gasteiger partial charge in [-0.3, -0.25) is 4.79 Å². The minimum Gasteiger partial charge on any atom is -0.288 e. The first-order valence-corrected chi connectivity index (χ1v) is 7.01. The monoisotopic (exact) mass is 408 g/mol. The zero-order valence-electron chi connectivity index (χ0n) is 9.18. The fraction of sp³-hybridized carbons (Fsp3) is 0. The van der Waals surface area contributed by atoms with Crippen LogP contribution < -0.4 is 0 Å². The molecule has 2 aromatic rings. The van der Waals surface area contributed by atoms with Crippen LogP contribution >= 0.6 is 43.5 Å². The summed E-state index contributed by atoms with van der Waals surface area (Å²) in [6, 6.07) is 6.08. The van der Waals surface area contributed by atoms with Crippen molar-refractivity contribution in [3.8, 4) is 0 Å². The van der Waals surface area contributed by atoms with Crippen molar-refractivity contribution in [2.45, 2.75) is 0 Å². The van der Waals surface area contributed by atoms with Crippen molar-refractivity contribution < 1.29 is 13.6 Å². The number of halogens is 5. The van der Waals surface area contributed by atoms with Crippen LogP contribution in [0, 0.1) is 11.6 Å². The van der Waals surface area contributed by atoms with Crippen LogP contribution in [0.2, 0.25) is 5.02 Å². The Morgan fingerprint density at radius 1 is 1.00 bits per heavy atom. The topological polar surface area (TPSA) is 17.1 Å². The Hall–Kier alpha value is -0.780. The first kappa shape index (κ1) is 14.6. The van der Waals surface area contributed by atoms with Crippen LogP contribution in [0.25, 0.3) is 0 Å². The van der Waals surface area contributed by atoms with Crippen LogP contribution in [0.15, 0.2) is 39.3 Å². The molecule has 0 bridgehead atoms. The molecule has 0 fully saturated rings. The number of benzene rings is 2. The molecule has 0 amide bonds. The van der Waals surface area contributed by atoms with E-state index in [9.17, 15) is 13.6 Å². The van der Waals surface area contributed by atoms with E-state index in [1.807, 2.05) is 0 Å². The van der Waals surface area contributed by atoms with Crippen molar-refractivity contribution in [3.05, 3.63) is 67.1 Å². The zero-order valence-corrected chi connectivity index (χ0v) is 13.1. The maximum absolute atomic E-state index is 13.8. The summed E-state index contributed by atoms with van der Waals surface area (Å²) in [6.07, 6.45) is 0. The lowest BCUT2D eigenvalue weighted by Crippen LogP contribution is -2.05. The first-order chi connectivity index (χ1) is 8.90. The maximum atomic E-state index is 13.8. The van der Waals surface area contributed by atoms with Gasteiger partial charge in [-0.2, -0.15) is 0 Å². The van der Waals surface area contributed by atoms with E-state index in [-0.39, 0.29) is 20.6 Å². The highest BCUT2D eigenvalue weighted by Crippen LogP contribution is 2.27. The molecule has 0 N–H and O–H groups in total. The van der Waals surface area contributed by atoms with Gasteiger partial charge in [-0.05, 0) is 62.2 Å². The van der Waals surface area contributed by atoms with E-state index in [4.69, 9.17) is 11.6 Å². The van der Waals surface area contributed by atoms with E-state index in [0.717, 1.165) is 12.1 Å². The van der Waals surface area contributed by atoms with E-state index in [1.54, 1.807) is 0 Å². The summed E-state index contributed by atoms with van der Waals surface area (Å²) in [4.78, 5) is 12.1. The van der Waals surface area contributed by atoms with E-state index < -0.39 is 17.4 Å². The van der Waals surface area contributed by atoms with Gasteiger partial charge in [-0.15, -0.1) is 0 Å². The van der Waals surface area contributed by atoms with Gasteiger partial charge in [-0.1, -0.05) is 11.6 Å². The van der Waals surface area contributed by atoms with Gasteiger partial charge in [0.25, 0.3) is 0 Å². The molecule has 2 rings (SSSR count). The molecule has 0 aliphatic rings. The highest BCUT2D eigenvalue weighted by atomic mass is 79.9. The summed E-state index contributed by atoms with van der Waals surface area (Å²) < 4.78 is 27.4. The predicted molar refractivity (Wildman–Crippen MR) is 76.6 cm³/mol. The highest BCUT2D eigenvalue weighted by Gasteiger charge is 2.17. The molecular formula is C13H5Br2ClF2O. The average Bonchev–Trinajstić information content (AvgIpc) is 2.36. The second-order valence-corrected chi connectivity index (χ2v) is 5.82. The van der Waals surface area contributed by atoms with Crippen molar-refractivity contribution in [3.63, 3.8) is 0 Å². The molecule has 98 valence electrons. The maximum Gasteiger partial charge on any atom is 0.196 e. The summed E-state index contributed by atoms with van der Waals surface area (Å²) in [6.45, 7) is 0. The molecule has 0 aliphatic heterocycles. The van der Waals surface area contributed by atoms with Crippen molar-refractivity contribution in [1.29, 1.82) is 0 Å². The van der Waals surface area contributed by atoms with Gasteiger partial charge in [0.1, 0.15) is 11.6 Å². The Morgan fingerprint density at radius 3 is 2.32 bits per heavy atom. The van der Waals surface area contributed by atoms with Crippen LogP contribution in [-0.4, -0.2) is 5.78 Å². The van der Waals surface area contributed by atoms with Crippen LogP contribution in [0.1, 0.15) is 15.9 Å². The molecule has 0 heterocycles. The predicted octanol–water partition coefficient (Wildman–Crippen LogP) is 5.37. The van der Waals surface area contributed by atoms with Gasteiger partial charge in [0, 0.05) is 10.0 Å². The molecule has 0 aliphatic carbocycles. The second-order valence-electron chi connectivity index (χ2n) is 3.70. The summed E-state index contributed by atoms with van der Waals surface area (Å²) in [5, 5.41) is 0.228. The van der Waals surface area contributed by atoms with Crippen molar-refractivity contribution in [1.82, 2.24) is 0 Å². The largest absolute Gasteiger partial charge is 0.288 e. The smallest absolute Gasteiger partial charge is 0.196 e. The Balaban J connectivity index is 2.49. The lowest BCUT2D eigenvalue weighted by atomic mass is 10.0. The van der Waals surface area contributed by atoms with Crippen molar-refractivity contribution in [2.75, 3.05) is 0 Å². The molecule has 6 heteroatoms. The molecule has 2 aromatic carbocycles. The van der Waals surface area contributed by atoms with Gasteiger partial charge in [-0.25, -0.2) is 8.78 Å². The summed E-state index contributed by atoms with van der Waals surface area (Å²) in [5.41, 5.74) is 0.0114. The van der Waals surface area contributed by atoms with Gasteiger partial charge in [0.2, 0.25) is 0 Å². The Labute approximate surface area is 129 Å². The van der Waals surface area contributed by atoms with E-state index in [1.165, 1.54) is 18.2 Å². The highest BCUT2D eigenvalue weighted by molar-refractivity contribution is 9.10. The molecule has 0 unspecified atom stereocenters. The number of rotatable bonds is 2. The van der Waals surface area contributed by atoms with Crippen LogP contribution in [0.5, 0.6) is 0 Å². The molecule has 0 spiro atoms. The van der Waals surface area contributed by atoms with Crippen LogP contribution in [0.4, 0.5) is 8.78 Å². The fourth-order valence-electron chi connectivity index (χ4n) is 1.49. The van der Waals surface area contributed by atoms with E-state index in [2.05, 4.69) is 31.9 Å². The molecule has 19 heavy (non-hydrogen) atoms. The van der Waals surface area contributed by atoms with E-state index in [0.29, 0.717) is 4.47 Å². The normalized spacial score (nSPS) is 10.6. The molecule has 0 saturated heterocycles. The number of carbonyl (C=O) groups is 1. The first-order valence-electron chi connectivity index (χ1n) is 5.04. The summed E-state index contributed by atoms with van der Waals surface area (Å²) in [5.74, 6) is -1.75. The Kier molecular flexibility index (Phi) is 4.38. The average molecular weight is 410 g/mol. The van der Waals surface area contributed by atoms with Crippen LogP contribution in [-0.2, 0) is 0 Å². The lowest BCUT2D eigenvalue weighted by Gasteiger charge is -2.06. The Morgan fingerprint density at radius 2 is 1.68 bits per heavy atom. The quantitative estimate of drug-likeness (QED) is 0.480. The minimum atomic E-state index is -0.693. The third-order valence-electron chi connectivity index (χ3n) is 2.44. The Bertz CT molecular complexity index is 674. The van der Waals surface area contributed by atoms with Crippen LogP contribution in [0.3, 0.4) is 0 Å². The van der Waals surface area contributed by atoms with Gasteiger partial charge >= 0.3 is 0 Å². The van der Waals surface area contributed by atoms with E-state index >= 15 is 0 Å². The fourth-order valence-corrected chi connectivity index (χ4v) is 2.35. The van der Waals surface area contributed by atoms with Gasteiger partial charge in [0.05, 0.1) is 15.1 Å². The van der Waals surface area contributed by atoms with Gasteiger partial charge in [0.15, 0.2) is 5.78 Å². The third kappa shape index (κ3) is 3.04. The number of ketones is 1. The third-order valence-corrected chi connectivity index (χ3v) is 4.24. The SMILES string of the molecule is O=C(c1ccc(F)c(Br)c1)c1cc(Cl)c(Br)cc1F. The molecule has 1 nitrogen and oxygen atoms in total. The number of carbonyl (C=O) groups excluding carboxylic acids is 1. The van der Waals surface area contributed by atoms with Crippen molar-refractivity contribution in [2.24, 2.45) is 0 Å². The zero-order chi connectivity index (χ0) is 14.2. The summed E-state index contributed by atoms with van der Waals surface area (Å²) >= 11 is 11.9. The molecule has 0 aromatic heterocycles. The number of hydrogen-bond donors (Lipinski definition) is 0. The standard InChI is InChI=1S/C13H5Br2ClF2O/c14-8-5-12(18)7(4-10(8)16)13(19)6-1-2-11(17)9(15)3-6/h1-5H.